The van der Waals surface area contributed by atoms with E-state index in [4.69, 9.17) is 9.47 Å². The first-order valence-electron chi connectivity index (χ1n) is 3.92. The van der Waals surface area contributed by atoms with Gasteiger partial charge in [-0.05, 0) is 20.3 Å². The standard InChI is InChI=1S/C8H12O3/c1-7-4-3-6(9)8(2,11-7)10-5-7/h3-5H2,1-2H3. The molecule has 0 aromatic heterocycles. The van der Waals surface area contributed by atoms with Crippen LogP contribution in [0.25, 0.3) is 0 Å². The second kappa shape index (κ2) is 1.84. The van der Waals surface area contributed by atoms with E-state index in [9.17, 15) is 4.79 Å². The predicted molar refractivity (Wildman–Crippen MR) is 38.1 cm³/mol. The molecule has 2 heterocycles. The molecular weight excluding hydrogens is 144 g/mol. The van der Waals surface area contributed by atoms with E-state index in [2.05, 4.69) is 0 Å². The molecule has 2 bridgehead atoms. The van der Waals surface area contributed by atoms with Gasteiger partial charge in [0.25, 0.3) is 0 Å². The molecule has 2 aliphatic heterocycles. The van der Waals surface area contributed by atoms with Crippen LogP contribution in [-0.4, -0.2) is 23.8 Å². The van der Waals surface area contributed by atoms with Crippen LogP contribution < -0.4 is 0 Å². The van der Waals surface area contributed by atoms with E-state index in [0.29, 0.717) is 13.0 Å². The summed E-state index contributed by atoms with van der Waals surface area (Å²) in [5.74, 6) is -0.847. The third-order valence-corrected chi connectivity index (χ3v) is 2.48. The van der Waals surface area contributed by atoms with E-state index in [1.807, 2.05) is 6.92 Å². The average molecular weight is 156 g/mol. The molecule has 0 radical (unpaired) electrons. The van der Waals surface area contributed by atoms with Gasteiger partial charge in [0.1, 0.15) is 0 Å². The Kier molecular flexibility index (Phi) is 1.22. The summed E-state index contributed by atoms with van der Waals surface area (Å²) < 4.78 is 10.8. The number of Topliss-reactive ketones (excluding diaryl/α,β-unsaturated/α-hetero) is 1. The number of carbonyl (C=O) groups is 1. The van der Waals surface area contributed by atoms with Gasteiger partial charge in [0, 0.05) is 6.42 Å². The third-order valence-electron chi connectivity index (χ3n) is 2.48. The Balaban J connectivity index is 2.30. The summed E-state index contributed by atoms with van der Waals surface area (Å²) in [5, 5.41) is 0. The Morgan fingerprint density at radius 3 is 2.82 bits per heavy atom. The maximum Gasteiger partial charge on any atom is 0.226 e. The summed E-state index contributed by atoms with van der Waals surface area (Å²) in [6.07, 6.45) is 1.38. The lowest BCUT2D eigenvalue weighted by molar-refractivity contribution is -0.197. The van der Waals surface area contributed by atoms with Crippen molar-refractivity contribution in [3.8, 4) is 0 Å². The Hall–Kier alpha value is -0.410. The van der Waals surface area contributed by atoms with Gasteiger partial charge in [-0.1, -0.05) is 0 Å². The number of rotatable bonds is 0. The van der Waals surface area contributed by atoms with Crippen molar-refractivity contribution in [1.82, 2.24) is 0 Å². The highest BCUT2D eigenvalue weighted by atomic mass is 16.8. The Labute approximate surface area is 65.7 Å². The normalized spacial score (nSPS) is 49.8. The minimum atomic E-state index is -0.924. The quantitative estimate of drug-likeness (QED) is 0.522. The molecule has 2 saturated heterocycles. The van der Waals surface area contributed by atoms with E-state index in [1.165, 1.54) is 0 Å². The van der Waals surface area contributed by atoms with Gasteiger partial charge in [-0.2, -0.15) is 0 Å². The molecular formula is C8H12O3. The molecule has 2 atom stereocenters. The predicted octanol–water partition coefficient (Wildman–Crippen LogP) is 0.871. The fraction of sp³-hybridized carbons (Fsp3) is 0.875. The minimum absolute atomic E-state index is 0.0764. The summed E-state index contributed by atoms with van der Waals surface area (Å²) in [6.45, 7) is 4.25. The zero-order chi connectivity index (χ0) is 8.11. The zero-order valence-corrected chi connectivity index (χ0v) is 6.85. The smallest absolute Gasteiger partial charge is 0.226 e. The van der Waals surface area contributed by atoms with Crippen LogP contribution in [-0.2, 0) is 14.3 Å². The molecule has 0 amide bonds. The molecule has 2 rings (SSSR count). The van der Waals surface area contributed by atoms with Crippen LogP contribution in [0.3, 0.4) is 0 Å². The number of hydrogen-bond acceptors (Lipinski definition) is 3. The molecule has 3 nitrogen and oxygen atoms in total. The van der Waals surface area contributed by atoms with Crippen molar-refractivity contribution < 1.29 is 14.3 Å². The van der Waals surface area contributed by atoms with Crippen molar-refractivity contribution in [2.45, 2.75) is 38.1 Å². The van der Waals surface area contributed by atoms with E-state index < -0.39 is 5.79 Å². The lowest BCUT2D eigenvalue weighted by Crippen LogP contribution is -2.44. The molecule has 0 spiro atoms. The van der Waals surface area contributed by atoms with Gasteiger partial charge in [-0.15, -0.1) is 0 Å². The Bertz CT molecular complexity index is 213. The maximum absolute atomic E-state index is 11.3. The Morgan fingerprint density at radius 1 is 1.45 bits per heavy atom. The molecule has 62 valence electrons. The third kappa shape index (κ3) is 0.914. The highest BCUT2D eigenvalue weighted by Crippen LogP contribution is 2.40. The number of ketones is 1. The monoisotopic (exact) mass is 156 g/mol. The van der Waals surface area contributed by atoms with E-state index >= 15 is 0 Å². The second-order valence-electron chi connectivity index (χ2n) is 3.71. The van der Waals surface area contributed by atoms with Gasteiger partial charge < -0.3 is 9.47 Å². The molecule has 11 heavy (non-hydrogen) atoms. The van der Waals surface area contributed by atoms with Crippen molar-refractivity contribution in [1.29, 1.82) is 0 Å². The Morgan fingerprint density at radius 2 is 2.18 bits per heavy atom. The molecule has 0 aliphatic carbocycles. The van der Waals surface area contributed by atoms with Crippen LogP contribution >= 0.6 is 0 Å². The van der Waals surface area contributed by atoms with Gasteiger partial charge in [0.05, 0.1) is 12.2 Å². The first-order valence-corrected chi connectivity index (χ1v) is 3.92. The van der Waals surface area contributed by atoms with Crippen molar-refractivity contribution in [2.75, 3.05) is 6.61 Å². The van der Waals surface area contributed by atoms with E-state index in [1.54, 1.807) is 6.92 Å². The molecule has 2 unspecified atom stereocenters. The van der Waals surface area contributed by atoms with Crippen LogP contribution in [0.4, 0.5) is 0 Å². The van der Waals surface area contributed by atoms with Crippen LogP contribution in [0.15, 0.2) is 0 Å². The molecule has 0 N–H and O–H groups in total. The van der Waals surface area contributed by atoms with Crippen molar-refractivity contribution in [3.63, 3.8) is 0 Å². The maximum atomic E-state index is 11.3. The first-order chi connectivity index (χ1) is 5.04. The largest absolute Gasteiger partial charge is 0.341 e. The lowest BCUT2D eigenvalue weighted by atomic mass is 9.95. The van der Waals surface area contributed by atoms with Gasteiger partial charge in [0.2, 0.25) is 5.79 Å². The van der Waals surface area contributed by atoms with Gasteiger partial charge in [-0.3, -0.25) is 4.79 Å². The molecule has 2 aliphatic rings. The van der Waals surface area contributed by atoms with Gasteiger partial charge in [-0.25, -0.2) is 0 Å². The highest BCUT2D eigenvalue weighted by molar-refractivity contribution is 5.86. The summed E-state index contributed by atoms with van der Waals surface area (Å²) in [7, 11) is 0. The number of fused-ring (bicyclic) bond motifs is 2. The van der Waals surface area contributed by atoms with Crippen LogP contribution in [0, 0.1) is 0 Å². The SMILES string of the molecule is CC12CCC(=O)C(C)(OC1)O2. The van der Waals surface area contributed by atoms with Crippen LogP contribution in [0.2, 0.25) is 0 Å². The summed E-state index contributed by atoms with van der Waals surface area (Å²) >= 11 is 0. The molecule has 3 heteroatoms. The van der Waals surface area contributed by atoms with Crippen molar-refractivity contribution >= 4 is 5.78 Å². The zero-order valence-electron chi connectivity index (χ0n) is 6.85. The first kappa shape index (κ1) is 7.25. The highest BCUT2D eigenvalue weighted by Gasteiger charge is 2.53. The summed E-state index contributed by atoms with van der Waals surface area (Å²) in [6, 6.07) is 0. The molecule has 0 aromatic carbocycles. The molecule has 0 aromatic rings. The number of ether oxygens (including phenoxy) is 2. The summed E-state index contributed by atoms with van der Waals surface area (Å²) in [4.78, 5) is 11.3. The topological polar surface area (TPSA) is 35.5 Å². The molecule has 2 fully saturated rings. The van der Waals surface area contributed by atoms with Crippen LogP contribution in [0.5, 0.6) is 0 Å². The van der Waals surface area contributed by atoms with Gasteiger partial charge in [0.15, 0.2) is 5.78 Å². The fourth-order valence-electron chi connectivity index (χ4n) is 1.69. The van der Waals surface area contributed by atoms with E-state index in [0.717, 1.165) is 6.42 Å². The summed E-state index contributed by atoms with van der Waals surface area (Å²) in [5.41, 5.74) is -0.206. The number of hydrogen-bond donors (Lipinski definition) is 0. The second-order valence-corrected chi connectivity index (χ2v) is 3.71. The minimum Gasteiger partial charge on any atom is -0.341 e. The van der Waals surface area contributed by atoms with E-state index in [-0.39, 0.29) is 11.4 Å². The van der Waals surface area contributed by atoms with Crippen molar-refractivity contribution in [2.24, 2.45) is 0 Å². The average Bonchev–Trinajstić information content (AvgIpc) is 2.20. The van der Waals surface area contributed by atoms with Crippen LogP contribution in [0.1, 0.15) is 26.7 Å². The van der Waals surface area contributed by atoms with Crippen molar-refractivity contribution in [3.05, 3.63) is 0 Å². The lowest BCUT2D eigenvalue weighted by Gasteiger charge is -2.31. The molecule has 0 saturated carbocycles. The number of carbonyl (C=O) groups excluding carboxylic acids is 1. The van der Waals surface area contributed by atoms with Gasteiger partial charge >= 0.3 is 0 Å². The fourth-order valence-corrected chi connectivity index (χ4v) is 1.69.